The lowest BCUT2D eigenvalue weighted by molar-refractivity contribution is 0.0460. The highest BCUT2D eigenvalue weighted by molar-refractivity contribution is 6.31. The minimum atomic E-state index is -1.24. The van der Waals surface area contributed by atoms with E-state index < -0.39 is 17.8 Å². The normalized spacial score (nSPS) is 10.2. The average Bonchev–Trinajstić information content (AvgIpc) is 2.46. The Bertz CT molecular complexity index is 680. The van der Waals surface area contributed by atoms with Gasteiger partial charge in [0.05, 0.1) is 16.1 Å². The second kappa shape index (κ2) is 6.37. The minimum Gasteiger partial charge on any atom is -0.478 e. The van der Waals surface area contributed by atoms with E-state index in [2.05, 4.69) is 0 Å². The van der Waals surface area contributed by atoms with E-state index in [4.69, 9.17) is 21.4 Å². The third-order valence-electron chi connectivity index (χ3n) is 2.79. The van der Waals surface area contributed by atoms with Gasteiger partial charge in [-0.3, -0.25) is 0 Å². The smallest absolute Gasteiger partial charge is 0.339 e. The summed E-state index contributed by atoms with van der Waals surface area (Å²) in [5, 5.41) is 9.13. The molecular formula is C15H10ClFO4. The first-order valence-corrected chi connectivity index (χ1v) is 6.31. The lowest BCUT2D eigenvalue weighted by Gasteiger charge is -2.09. The zero-order valence-corrected chi connectivity index (χ0v) is 11.4. The number of esters is 1. The molecule has 0 unspecified atom stereocenters. The number of carbonyl (C=O) groups excluding carboxylic acids is 1. The Morgan fingerprint density at radius 3 is 2.38 bits per heavy atom. The number of carboxylic acids is 1. The molecule has 2 aromatic carbocycles. The largest absolute Gasteiger partial charge is 0.478 e. The van der Waals surface area contributed by atoms with E-state index in [1.165, 1.54) is 42.5 Å². The molecule has 2 rings (SSSR count). The SMILES string of the molecule is O=C(O)c1ccccc1C(=O)OCc1c(F)cccc1Cl. The van der Waals surface area contributed by atoms with E-state index >= 15 is 0 Å². The molecule has 6 heteroatoms. The Balaban J connectivity index is 2.18. The number of carboxylic acid groups (broad SMARTS) is 1. The van der Waals surface area contributed by atoms with Crippen molar-refractivity contribution < 1.29 is 23.8 Å². The molecule has 0 bridgehead atoms. The quantitative estimate of drug-likeness (QED) is 0.878. The molecule has 0 atom stereocenters. The third-order valence-corrected chi connectivity index (χ3v) is 3.14. The Morgan fingerprint density at radius 2 is 1.76 bits per heavy atom. The van der Waals surface area contributed by atoms with Crippen molar-refractivity contribution in [1.29, 1.82) is 0 Å². The molecule has 0 aliphatic carbocycles. The molecule has 0 radical (unpaired) electrons. The van der Waals surface area contributed by atoms with Gasteiger partial charge in [0.2, 0.25) is 0 Å². The van der Waals surface area contributed by atoms with Crippen molar-refractivity contribution in [1.82, 2.24) is 0 Å². The lowest BCUT2D eigenvalue weighted by Crippen LogP contribution is -2.12. The summed E-state index contributed by atoms with van der Waals surface area (Å²) in [4.78, 5) is 22.9. The fourth-order valence-corrected chi connectivity index (χ4v) is 1.95. The van der Waals surface area contributed by atoms with Crippen LogP contribution in [0.4, 0.5) is 4.39 Å². The van der Waals surface area contributed by atoms with Crippen molar-refractivity contribution >= 4 is 23.5 Å². The molecule has 108 valence electrons. The fraction of sp³-hybridized carbons (Fsp3) is 0.0667. The summed E-state index contributed by atoms with van der Waals surface area (Å²) in [6.45, 7) is -0.377. The van der Waals surface area contributed by atoms with Crippen molar-refractivity contribution in [3.8, 4) is 0 Å². The number of carbonyl (C=O) groups is 2. The van der Waals surface area contributed by atoms with Gasteiger partial charge in [-0.05, 0) is 24.3 Å². The van der Waals surface area contributed by atoms with Gasteiger partial charge in [-0.2, -0.15) is 0 Å². The maximum Gasteiger partial charge on any atom is 0.339 e. The molecule has 0 aromatic heterocycles. The fourth-order valence-electron chi connectivity index (χ4n) is 1.73. The highest BCUT2D eigenvalue weighted by Crippen LogP contribution is 2.20. The van der Waals surface area contributed by atoms with Gasteiger partial charge >= 0.3 is 11.9 Å². The van der Waals surface area contributed by atoms with Gasteiger partial charge in [0.1, 0.15) is 12.4 Å². The molecule has 21 heavy (non-hydrogen) atoms. The van der Waals surface area contributed by atoms with Gasteiger partial charge in [-0.15, -0.1) is 0 Å². The molecule has 4 nitrogen and oxygen atoms in total. The monoisotopic (exact) mass is 308 g/mol. The van der Waals surface area contributed by atoms with Crippen LogP contribution >= 0.6 is 11.6 Å². The van der Waals surface area contributed by atoms with Crippen LogP contribution in [0, 0.1) is 5.82 Å². The zero-order valence-electron chi connectivity index (χ0n) is 10.7. The predicted octanol–water partition coefficient (Wildman–Crippen LogP) is 3.53. The molecule has 0 saturated heterocycles. The van der Waals surface area contributed by atoms with Crippen molar-refractivity contribution in [2.75, 3.05) is 0 Å². The van der Waals surface area contributed by atoms with E-state index in [0.29, 0.717) is 0 Å². The van der Waals surface area contributed by atoms with Crippen LogP contribution in [0.2, 0.25) is 5.02 Å². The van der Waals surface area contributed by atoms with Crippen LogP contribution in [0.3, 0.4) is 0 Å². The summed E-state index contributed by atoms with van der Waals surface area (Å²) >= 11 is 5.82. The first-order valence-electron chi connectivity index (χ1n) is 5.93. The standard InChI is InChI=1S/C15H10ClFO4/c16-12-6-3-7-13(17)11(12)8-21-15(20)10-5-2-1-4-9(10)14(18)19/h1-7H,8H2,(H,18,19). The highest BCUT2D eigenvalue weighted by atomic mass is 35.5. The Kier molecular flexibility index (Phi) is 4.55. The Labute approximate surface area is 124 Å². The zero-order chi connectivity index (χ0) is 15.4. The van der Waals surface area contributed by atoms with Crippen molar-refractivity contribution in [2.24, 2.45) is 0 Å². The van der Waals surface area contributed by atoms with Gasteiger partial charge in [-0.1, -0.05) is 29.8 Å². The number of hydrogen-bond donors (Lipinski definition) is 1. The van der Waals surface area contributed by atoms with E-state index in [0.717, 1.165) is 0 Å². The second-order valence-electron chi connectivity index (χ2n) is 4.13. The number of hydrogen-bond acceptors (Lipinski definition) is 3. The van der Waals surface area contributed by atoms with Crippen LogP contribution in [0.1, 0.15) is 26.3 Å². The number of rotatable bonds is 4. The molecular weight excluding hydrogens is 299 g/mol. The number of ether oxygens (including phenoxy) is 1. The van der Waals surface area contributed by atoms with Crippen molar-refractivity contribution in [3.05, 3.63) is 70.0 Å². The van der Waals surface area contributed by atoms with Crippen LogP contribution in [-0.4, -0.2) is 17.0 Å². The molecule has 0 amide bonds. The van der Waals surface area contributed by atoms with Crippen LogP contribution in [0.25, 0.3) is 0 Å². The highest BCUT2D eigenvalue weighted by Gasteiger charge is 2.18. The van der Waals surface area contributed by atoms with Gasteiger partial charge < -0.3 is 9.84 Å². The number of halogens is 2. The maximum absolute atomic E-state index is 13.5. The van der Waals surface area contributed by atoms with E-state index in [-0.39, 0.29) is 28.3 Å². The lowest BCUT2D eigenvalue weighted by atomic mass is 10.1. The summed E-state index contributed by atoms with van der Waals surface area (Å²) in [5.74, 6) is -2.69. The molecule has 0 aliphatic heterocycles. The second-order valence-corrected chi connectivity index (χ2v) is 4.53. The molecule has 0 heterocycles. The Morgan fingerprint density at radius 1 is 1.10 bits per heavy atom. The first kappa shape index (κ1) is 15.0. The topological polar surface area (TPSA) is 63.6 Å². The van der Waals surface area contributed by atoms with Crippen LogP contribution in [-0.2, 0) is 11.3 Å². The number of benzene rings is 2. The van der Waals surface area contributed by atoms with Gasteiger partial charge in [0.25, 0.3) is 0 Å². The van der Waals surface area contributed by atoms with Crippen LogP contribution in [0.5, 0.6) is 0 Å². The van der Waals surface area contributed by atoms with Gasteiger partial charge in [0.15, 0.2) is 0 Å². The summed E-state index contributed by atoms with van der Waals surface area (Å²) < 4.78 is 18.5. The third kappa shape index (κ3) is 3.38. The molecule has 1 N–H and O–H groups in total. The summed E-state index contributed by atoms with van der Waals surface area (Å²) in [5.41, 5.74) is -0.236. The number of aromatic carboxylic acids is 1. The van der Waals surface area contributed by atoms with E-state index in [1.807, 2.05) is 0 Å². The average molecular weight is 309 g/mol. The molecule has 0 spiro atoms. The predicted molar refractivity (Wildman–Crippen MR) is 73.9 cm³/mol. The first-order chi connectivity index (χ1) is 10.0. The molecule has 0 saturated carbocycles. The van der Waals surface area contributed by atoms with E-state index in [9.17, 15) is 14.0 Å². The van der Waals surface area contributed by atoms with Gasteiger partial charge in [0, 0.05) is 5.56 Å². The van der Waals surface area contributed by atoms with Crippen LogP contribution < -0.4 is 0 Å². The summed E-state index contributed by atoms with van der Waals surface area (Å²) in [6, 6.07) is 9.72. The van der Waals surface area contributed by atoms with Crippen molar-refractivity contribution in [3.63, 3.8) is 0 Å². The van der Waals surface area contributed by atoms with Gasteiger partial charge in [-0.25, -0.2) is 14.0 Å². The summed E-state index contributed by atoms with van der Waals surface area (Å²) in [7, 11) is 0. The molecule has 2 aromatic rings. The Hall–Kier alpha value is -2.40. The van der Waals surface area contributed by atoms with Crippen molar-refractivity contribution in [2.45, 2.75) is 6.61 Å². The maximum atomic E-state index is 13.5. The summed E-state index contributed by atoms with van der Waals surface area (Å²) in [6.07, 6.45) is 0. The minimum absolute atomic E-state index is 0.0420. The molecule has 0 aliphatic rings. The van der Waals surface area contributed by atoms with E-state index in [1.54, 1.807) is 0 Å². The van der Waals surface area contributed by atoms with Crippen LogP contribution in [0.15, 0.2) is 42.5 Å². The molecule has 0 fully saturated rings.